The van der Waals surface area contributed by atoms with Gasteiger partial charge < -0.3 is 25.7 Å². The fraction of sp³-hybridized carbons (Fsp3) is 0.125. The highest BCUT2D eigenvalue weighted by atomic mass is 33.1. The Morgan fingerprint density at radius 3 is 2.53 bits per heavy atom. The van der Waals surface area contributed by atoms with Crippen LogP contribution in [-0.2, 0) is 13.7 Å². The van der Waals surface area contributed by atoms with Crippen LogP contribution in [-0.4, -0.2) is 48.6 Å². The largest absolute Gasteiger partial charge is 0.508 e. The van der Waals surface area contributed by atoms with Crippen molar-refractivity contribution in [3.8, 4) is 28.2 Å². The Hall–Kier alpha value is -3.87. The molecule has 1 amide bonds. The molecule has 0 radical (unpaired) electrons. The highest BCUT2D eigenvalue weighted by Crippen LogP contribution is 2.42. The molecule has 2 aromatic rings. The van der Waals surface area contributed by atoms with Gasteiger partial charge in [-0.3, -0.25) is 9.59 Å². The first-order valence-corrected chi connectivity index (χ1v) is 13.8. The van der Waals surface area contributed by atoms with Gasteiger partial charge in [-0.15, -0.1) is 0 Å². The molecule has 0 saturated heterocycles. The molecule has 5 N–H and O–H groups in total. The summed E-state index contributed by atoms with van der Waals surface area (Å²) in [5.74, 6) is -1.96. The summed E-state index contributed by atoms with van der Waals surface area (Å²) in [5.41, 5.74) is 6.93. The second-order valence-electron chi connectivity index (χ2n) is 7.97. The smallest absolute Gasteiger partial charge is 0.336 e. The summed E-state index contributed by atoms with van der Waals surface area (Å²) in [6.45, 7) is 0. The molecule has 36 heavy (non-hydrogen) atoms. The molecule has 1 aliphatic carbocycles. The molecule has 2 aromatic carbocycles. The van der Waals surface area contributed by atoms with E-state index in [1.54, 1.807) is 6.07 Å². The summed E-state index contributed by atoms with van der Waals surface area (Å²) >= 11 is 0. The normalized spacial score (nSPS) is 12.5. The van der Waals surface area contributed by atoms with Crippen molar-refractivity contribution in [2.75, 3.05) is 17.3 Å². The molecule has 10 nitrogen and oxygen atoms in total. The summed E-state index contributed by atoms with van der Waals surface area (Å²) in [6.07, 6.45) is 1.01. The number of aromatic hydroxyl groups is 1. The van der Waals surface area contributed by atoms with Crippen LogP contribution in [0.4, 0.5) is 5.69 Å². The number of amides is 1. The third-order valence-corrected chi connectivity index (χ3v) is 7.88. The molecule has 12 heteroatoms. The Balaban J connectivity index is 1.87. The van der Waals surface area contributed by atoms with Crippen molar-refractivity contribution in [3.63, 3.8) is 0 Å². The number of nitrogens with one attached hydrogen (secondary N) is 1. The zero-order chi connectivity index (χ0) is 26.2. The highest BCUT2D eigenvalue weighted by Gasteiger charge is 2.23. The number of rotatable bonds is 7. The number of benzene rings is 3. The van der Waals surface area contributed by atoms with Gasteiger partial charge in [0.05, 0.1) is 11.6 Å². The summed E-state index contributed by atoms with van der Waals surface area (Å²) in [4.78, 5) is 36.6. The maximum absolute atomic E-state index is 12.6. The van der Waals surface area contributed by atoms with E-state index in [1.165, 1.54) is 48.5 Å². The molecule has 0 bridgehead atoms. The van der Waals surface area contributed by atoms with Crippen molar-refractivity contribution in [1.29, 1.82) is 0 Å². The van der Waals surface area contributed by atoms with Crippen LogP contribution in [0.2, 0.25) is 0 Å². The van der Waals surface area contributed by atoms with Crippen LogP contribution in [0.3, 0.4) is 0 Å². The molecule has 4 rings (SSSR count). The number of carboxylic acid groups (broad SMARTS) is 1. The lowest BCUT2D eigenvalue weighted by Crippen LogP contribution is -2.38. The Kier molecular flexibility index (Phi) is 6.76. The number of hydrogen-bond donors (Lipinski definition) is 4. The van der Waals surface area contributed by atoms with E-state index in [0.717, 1.165) is 6.26 Å². The third kappa shape index (κ3) is 5.35. The average Bonchev–Trinajstić information content (AvgIpc) is 2.80. The second-order valence-corrected chi connectivity index (χ2v) is 12.5. The second kappa shape index (κ2) is 9.64. The monoisotopic (exact) mass is 528 g/mol. The van der Waals surface area contributed by atoms with Crippen molar-refractivity contribution >= 4 is 48.2 Å². The maximum Gasteiger partial charge on any atom is 0.336 e. The minimum atomic E-state index is -3.39. The van der Waals surface area contributed by atoms with Gasteiger partial charge in [-0.05, 0) is 58.8 Å². The number of carbonyl (C=O) groups excluding carboxylic acids is 1. The minimum absolute atomic E-state index is 0.0852. The minimum Gasteiger partial charge on any atom is -0.508 e. The maximum atomic E-state index is 12.6. The van der Waals surface area contributed by atoms with Gasteiger partial charge in [-0.1, -0.05) is 0 Å². The molecule has 1 aliphatic heterocycles. The SMILES string of the molecule is CS(=O)(=O)SC[C@H](N)C(=O)Nc1ccc(C(=O)O)c(-c2c3ccc(=O)cc-3oc3cc(O)ccc23)c1. The van der Waals surface area contributed by atoms with E-state index in [9.17, 15) is 33.0 Å². The Morgan fingerprint density at radius 1 is 1.08 bits per heavy atom. The number of carbonyl (C=O) groups is 2. The third-order valence-electron chi connectivity index (χ3n) is 5.26. The van der Waals surface area contributed by atoms with E-state index >= 15 is 0 Å². The van der Waals surface area contributed by atoms with E-state index in [0.29, 0.717) is 27.3 Å². The molecule has 1 atom stereocenters. The van der Waals surface area contributed by atoms with E-state index in [-0.39, 0.29) is 45.1 Å². The van der Waals surface area contributed by atoms with Gasteiger partial charge in [0.1, 0.15) is 17.1 Å². The molecular weight excluding hydrogens is 508 g/mol. The van der Waals surface area contributed by atoms with Crippen LogP contribution >= 0.6 is 10.8 Å². The predicted molar refractivity (Wildman–Crippen MR) is 137 cm³/mol. The van der Waals surface area contributed by atoms with Gasteiger partial charge in [0.15, 0.2) is 14.3 Å². The van der Waals surface area contributed by atoms with E-state index in [4.69, 9.17) is 10.2 Å². The first-order chi connectivity index (χ1) is 16.9. The number of phenolic OH excluding ortho intramolecular Hbond substituents is 1. The fourth-order valence-corrected chi connectivity index (χ4v) is 5.40. The molecule has 2 aliphatic rings. The highest BCUT2D eigenvalue weighted by molar-refractivity contribution is 8.71. The van der Waals surface area contributed by atoms with Crippen LogP contribution in [0.1, 0.15) is 10.4 Å². The van der Waals surface area contributed by atoms with Crippen molar-refractivity contribution in [1.82, 2.24) is 0 Å². The summed E-state index contributed by atoms with van der Waals surface area (Å²) in [7, 11) is -2.84. The van der Waals surface area contributed by atoms with Crippen LogP contribution in [0, 0.1) is 0 Å². The number of nitrogens with two attached hydrogens (primary N) is 1. The van der Waals surface area contributed by atoms with Crippen LogP contribution in [0.5, 0.6) is 5.75 Å². The van der Waals surface area contributed by atoms with Gasteiger partial charge in [0, 0.05) is 46.3 Å². The Bertz CT molecular complexity index is 1650. The van der Waals surface area contributed by atoms with Gasteiger partial charge in [-0.2, -0.15) is 0 Å². The number of anilines is 1. The van der Waals surface area contributed by atoms with Crippen molar-refractivity contribution < 1.29 is 32.6 Å². The van der Waals surface area contributed by atoms with Crippen molar-refractivity contribution in [2.45, 2.75) is 6.04 Å². The van der Waals surface area contributed by atoms with E-state index < -0.39 is 26.8 Å². The number of hydrogen-bond acceptors (Lipinski definition) is 9. The van der Waals surface area contributed by atoms with E-state index in [2.05, 4.69) is 5.32 Å². The van der Waals surface area contributed by atoms with Gasteiger partial charge in [-0.25, -0.2) is 13.2 Å². The van der Waals surface area contributed by atoms with Crippen LogP contribution < -0.4 is 16.5 Å². The van der Waals surface area contributed by atoms with Crippen LogP contribution in [0.25, 0.3) is 33.4 Å². The zero-order valence-corrected chi connectivity index (χ0v) is 20.4. The lowest BCUT2D eigenvalue weighted by molar-refractivity contribution is -0.116. The Morgan fingerprint density at radius 2 is 1.83 bits per heavy atom. The number of carboxylic acids is 1. The first-order valence-electron chi connectivity index (χ1n) is 10.4. The summed E-state index contributed by atoms with van der Waals surface area (Å²) in [5, 5.41) is 22.9. The molecule has 0 fully saturated rings. The van der Waals surface area contributed by atoms with Crippen molar-refractivity contribution in [2.24, 2.45) is 5.73 Å². The molecule has 1 heterocycles. The molecule has 0 saturated carbocycles. The van der Waals surface area contributed by atoms with Gasteiger partial charge in [0.2, 0.25) is 5.91 Å². The number of phenols is 1. The molecular formula is C24H20N2O8S2. The fourth-order valence-electron chi connectivity index (χ4n) is 3.67. The molecule has 0 unspecified atom stereocenters. The number of aromatic carboxylic acids is 1. The quantitative estimate of drug-likeness (QED) is 0.206. The topological polar surface area (TPSA) is 177 Å². The summed E-state index contributed by atoms with van der Waals surface area (Å²) in [6, 6.07) is 11.4. The van der Waals surface area contributed by atoms with Crippen LogP contribution in [0.15, 0.2) is 63.8 Å². The average molecular weight is 529 g/mol. The first kappa shape index (κ1) is 25.2. The zero-order valence-electron chi connectivity index (χ0n) is 18.7. The predicted octanol–water partition coefficient (Wildman–Crippen LogP) is 2.93. The van der Waals surface area contributed by atoms with Crippen molar-refractivity contribution in [3.05, 3.63) is 70.4 Å². The lowest BCUT2D eigenvalue weighted by Gasteiger charge is -2.18. The molecule has 0 aromatic heterocycles. The number of fused-ring (bicyclic) bond motifs is 2. The lowest BCUT2D eigenvalue weighted by atomic mass is 9.90. The van der Waals surface area contributed by atoms with Gasteiger partial charge in [0.25, 0.3) is 0 Å². The standard InChI is InChI=1S/C24H20N2O8S2/c1-36(32,33)35-11-19(25)23(29)26-12-2-5-15(24(30)31)18(8-12)22-16-6-3-13(27)9-20(16)34-21-10-14(28)4-7-17(21)22/h2-10,19,27H,11,25H2,1H3,(H,26,29)(H,30,31)/t19-/m0/s1. The molecule has 186 valence electrons. The molecule has 0 spiro atoms. The van der Waals surface area contributed by atoms with E-state index in [1.807, 2.05) is 0 Å². The Labute approximate surface area is 208 Å². The summed E-state index contributed by atoms with van der Waals surface area (Å²) < 4.78 is 28.5. The van der Waals surface area contributed by atoms with Gasteiger partial charge >= 0.3 is 5.97 Å².